The van der Waals surface area contributed by atoms with Crippen LogP contribution < -0.4 is 10.1 Å². The number of thioether (sulfide) groups is 1. The Kier molecular flexibility index (Phi) is 4.28. The number of hydrogen-bond acceptors (Lipinski definition) is 5. The van der Waals surface area contributed by atoms with Gasteiger partial charge in [0.2, 0.25) is 5.91 Å². The number of nitrogens with zero attached hydrogens (tertiary/aromatic N) is 2. The molecule has 0 radical (unpaired) electrons. The van der Waals surface area contributed by atoms with Crippen LogP contribution in [0.25, 0.3) is 0 Å². The Bertz CT molecular complexity index is 572. The zero-order chi connectivity index (χ0) is 14.6. The van der Waals surface area contributed by atoms with Gasteiger partial charge in [0.1, 0.15) is 5.75 Å². The summed E-state index contributed by atoms with van der Waals surface area (Å²) in [5.74, 6) is -0.306. The van der Waals surface area contributed by atoms with Gasteiger partial charge in [0, 0.05) is 5.56 Å². The summed E-state index contributed by atoms with van der Waals surface area (Å²) in [5, 5.41) is 10.1. The summed E-state index contributed by atoms with van der Waals surface area (Å²) < 4.78 is 40.4. The Morgan fingerprint density at radius 3 is 2.75 bits per heavy atom. The molecule has 0 aliphatic carbocycles. The lowest BCUT2D eigenvalue weighted by atomic mass is 10.2. The number of hydrogen-bond donors (Lipinski definition) is 1. The molecular weight excluding hydrogens is 295 g/mol. The van der Waals surface area contributed by atoms with Crippen molar-refractivity contribution in [3.05, 3.63) is 29.8 Å². The highest BCUT2D eigenvalue weighted by molar-refractivity contribution is 8.15. The molecule has 0 atom stereocenters. The molecule has 1 aliphatic heterocycles. The van der Waals surface area contributed by atoms with Gasteiger partial charge in [-0.15, -0.1) is 18.3 Å². The number of ether oxygens (including phenoxy) is 1. The number of benzene rings is 1. The molecule has 1 heterocycles. The molecule has 5 nitrogen and oxygen atoms in total. The van der Waals surface area contributed by atoms with E-state index in [2.05, 4.69) is 20.3 Å². The van der Waals surface area contributed by atoms with Gasteiger partial charge in [-0.05, 0) is 12.1 Å². The predicted molar refractivity (Wildman–Crippen MR) is 68.8 cm³/mol. The maximum absolute atomic E-state index is 12.2. The third-order valence-electron chi connectivity index (χ3n) is 2.08. The lowest BCUT2D eigenvalue weighted by molar-refractivity contribution is -0.274. The molecule has 1 fully saturated rings. The number of amidine groups is 1. The summed E-state index contributed by atoms with van der Waals surface area (Å²) >= 11 is 1.16. The van der Waals surface area contributed by atoms with Crippen LogP contribution in [0.1, 0.15) is 5.56 Å². The lowest BCUT2D eigenvalue weighted by Crippen LogP contribution is -2.19. The first-order chi connectivity index (χ1) is 9.44. The van der Waals surface area contributed by atoms with Gasteiger partial charge in [-0.1, -0.05) is 23.9 Å². The molecule has 1 N–H and O–H groups in total. The fourth-order valence-corrected chi connectivity index (χ4v) is 1.96. The van der Waals surface area contributed by atoms with Crippen molar-refractivity contribution < 1.29 is 22.7 Å². The number of nitrogens with one attached hydrogen (secondary N) is 1. The quantitative estimate of drug-likeness (QED) is 0.687. The van der Waals surface area contributed by atoms with E-state index < -0.39 is 6.36 Å². The van der Waals surface area contributed by atoms with Crippen molar-refractivity contribution in [3.8, 4) is 5.75 Å². The molecule has 9 heteroatoms. The van der Waals surface area contributed by atoms with Crippen LogP contribution in [0.3, 0.4) is 0 Å². The number of rotatable bonds is 3. The first-order valence-corrected chi connectivity index (χ1v) is 6.31. The Balaban J connectivity index is 2.11. The van der Waals surface area contributed by atoms with E-state index in [-0.39, 0.29) is 23.0 Å². The van der Waals surface area contributed by atoms with Crippen molar-refractivity contribution in [1.82, 2.24) is 5.32 Å². The topological polar surface area (TPSA) is 63.0 Å². The molecule has 0 aromatic heterocycles. The van der Waals surface area contributed by atoms with E-state index in [4.69, 9.17) is 0 Å². The van der Waals surface area contributed by atoms with Crippen molar-refractivity contribution in [1.29, 1.82) is 0 Å². The summed E-state index contributed by atoms with van der Waals surface area (Å²) in [6, 6.07) is 5.54. The van der Waals surface area contributed by atoms with Gasteiger partial charge in [0.25, 0.3) is 0 Å². The smallest absolute Gasteiger partial charge is 0.405 e. The second-order valence-electron chi connectivity index (χ2n) is 3.57. The maximum Gasteiger partial charge on any atom is 0.573 e. The molecule has 0 bridgehead atoms. The SMILES string of the molecule is O=C1CSC(=N/N=C/c2ccccc2OC(F)(F)F)N1. The van der Waals surface area contributed by atoms with Crippen LogP contribution in [-0.4, -0.2) is 29.4 Å². The van der Waals surface area contributed by atoms with E-state index in [1.165, 1.54) is 18.2 Å². The lowest BCUT2D eigenvalue weighted by Gasteiger charge is -2.10. The minimum absolute atomic E-state index is 0.128. The average molecular weight is 303 g/mol. The Morgan fingerprint density at radius 2 is 2.10 bits per heavy atom. The second-order valence-corrected chi connectivity index (χ2v) is 4.54. The Hall–Kier alpha value is -2.03. The summed E-state index contributed by atoms with van der Waals surface area (Å²) in [5.41, 5.74) is 0.128. The van der Waals surface area contributed by atoms with Crippen LogP contribution in [0, 0.1) is 0 Å². The van der Waals surface area contributed by atoms with Crippen molar-refractivity contribution in [2.75, 3.05) is 5.75 Å². The van der Waals surface area contributed by atoms with Gasteiger partial charge in [-0.3, -0.25) is 4.79 Å². The molecule has 1 aromatic carbocycles. The van der Waals surface area contributed by atoms with Crippen LogP contribution in [0.4, 0.5) is 13.2 Å². The fraction of sp³-hybridized carbons (Fsp3) is 0.182. The van der Waals surface area contributed by atoms with E-state index >= 15 is 0 Å². The van der Waals surface area contributed by atoms with Gasteiger partial charge in [-0.2, -0.15) is 5.10 Å². The predicted octanol–water partition coefficient (Wildman–Crippen LogP) is 2.14. The largest absolute Gasteiger partial charge is 0.573 e. The number of halogens is 3. The molecule has 0 unspecified atom stereocenters. The number of alkyl halides is 3. The third kappa shape index (κ3) is 4.26. The molecule has 106 valence electrons. The van der Waals surface area contributed by atoms with Crippen LogP contribution >= 0.6 is 11.8 Å². The van der Waals surface area contributed by atoms with Gasteiger partial charge in [0.15, 0.2) is 5.17 Å². The van der Waals surface area contributed by atoms with Crippen LogP contribution in [0.5, 0.6) is 5.75 Å². The average Bonchev–Trinajstić information content (AvgIpc) is 2.75. The van der Waals surface area contributed by atoms with Gasteiger partial charge in [0.05, 0.1) is 12.0 Å². The molecule has 1 aromatic rings. The molecular formula is C11H8F3N3O2S. The Labute approximate surface area is 115 Å². The highest BCUT2D eigenvalue weighted by atomic mass is 32.2. The van der Waals surface area contributed by atoms with Gasteiger partial charge >= 0.3 is 6.36 Å². The number of carbonyl (C=O) groups is 1. The van der Waals surface area contributed by atoms with E-state index in [0.29, 0.717) is 5.17 Å². The highest BCUT2D eigenvalue weighted by Gasteiger charge is 2.31. The van der Waals surface area contributed by atoms with E-state index in [0.717, 1.165) is 18.0 Å². The number of carbonyl (C=O) groups excluding carboxylic acids is 1. The molecule has 0 saturated carbocycles. The second kappa shape index (κ2) is 5.95. The number of para-hydroxylation sites is 1. The monoisotopic (exact) mass is 303 g/mol. The molecule has 20 heavy (non-hydrogen) atoms. The van der Waals surface area contributed by atoms with E-state index in [1.54, 1.807) is 6.07 Å². The summed E-state index contributed by atoms with van der Waals surface area (Å²) in [6.45, 7) is 0. The van der Waals surface area contributed by atoms with Crippen LogP contribution in [0.2, 0.25) is 0 Å². The zero-order valence-corrected chi connectivity index (χ0v) is 10.7. The van der Waals surface area contributed by atoms with Gasteiger partial charge < -0.3 is 10.1 Å². The van der Waals surface area contributed by atoms with Crippen LogP contribution in [-0.2, 0) is 4.79 Å². The van der Waals surface area contributed by atoms with Crippen molar-refractivity contribution in [3.63, 3.8) is 0 Å². The Morgan fingerprint density at radius 1 is 1.35 bits per heavy atom. The van der Waals surface area contributed by atoms with Crippen molar-refractivity contribution >= 4 is 29.1 Å². The van der Waals surface area contributed by atoms with Gasteiger partial charge in [-0.25, -0.2) is 0 Å². The normalized spacial score (nSPS) is 17.8. The standard InChI is InChI=1S/C11H8F3N3O2S/c12-11(13,14)19-8-4-2-1-3-7(8)5-15-17-10-16-9(18)6-20-10/h1-5H,6H2,(H,16,17,18)/b15-5+. The number of amides is 1. The molecule has 2 rings (SSSR count). The van der Waals surface area contributed by atoms with Crippen LogP contribution in [0.15, 0.2) is 34.5 Å². The van der Waals surface area contributed by atoms with Crippen molar-refractivity contribution in [2.24, 2.45) is 10.2 Å². The summed E-state index contributed by atoms with van der Waals surface area (Å²) in [4.78, 5) is 10.9. The molecule has 1 aliphatic rings. The highest BCUT2D eigenvalue weighted by Crippen LogP contribution is 2.25. The third-order valence-corrected chi connectivity index (χ3v) is 2.94. The van der Waals surface area contributed by atoms with E-state index in [1.807, 2.05) is 0 Å². The summed E-state index contributed by atoms with van der Waals surface area (Å²) in [7, 11) is 0. The molecule has 0 spiro atoms. The molecule has 1 amide bonds. The zero-order valence-electron chi connectivity index (χ0n) is 9.85. The minimum atomic E-state index is -4.77. The van der Waals surface area contributed by atoms with Crippen molar-refractivity contribution in [2.45, 2.75) is 6.36 Å². The van der Waals surface area contributed by atoms with E-state index in [9.17, 15) is 18.0 Å². The first-order valence-electron chi connectivity index (χ1n) is 5.32. The maximum atomic E-state index is 12.2. The first kappa shape index (κ1) is 14.4. The molecule has 1 saturated heterocycles. The fourth-order valence-electron chi connectivity index (χ4n) is 1.33. The summed E-state index contributed by atoms with van der Waals surface area (Å²) in [6.07, 6.45) is -3.65. The minimum Gasteiger partial charge on any atom is -0.405 e.